The second kappa shape index (κ2) is 6.38. The van der Waals surface area contributed by atoms with E-state index in [2.05, 4.69) is 34.7 Å². The molecule has 1 aliphatic rings. The van der Waals surface area contributed by atoms with Crippen molar-refractivity contribution >= 4 is 28.5 Å². The maximum Gasteiger partial charge on any atom is 0.321 e. The van der Waals surface area contributed by atoms with E-state index in [1.807, 2.05) is 0 Å². The summed E-state index contributed by atoms with van der Waals surface area (Å²) in [5, 5.41) is 23.6. The molecule has 1 aromatic rings. The summed E-state index contributed by atoms with van der Waals surface area (Å²) in [6, 6.07) is -0.414. The highest BCUT2D eigenvalue weighted by Crippen LogP contribution is 2.35. The van der Waals surface area contributed by atoms with Gasteiger partial charge in [0.25, 0.3) is 0 Å². The molecule has 8 heteroatoms. The van der Waals surface area contributed by atoms with Gasteiger partial charge in [0, 0.05) is 6.42 Å². The number of hydrogen-bond donors (Lipinski definition) is 3. The molecule has 0 aliphatic heterocycles. The largest absolute Gasteiger partial charge is 0.481 e. The van der Waals surface area contributed by atoms with Gasteiger partial charge in [0.1, 0.15) is 5.01 Å². The Hall–Kier alpha value is -1.70. The van der Waals surface area contributed by atoms with Crippen LogP contribution in [0.1, 0.15) is 44.5 Å². The Morgan fingerprint density at radius 1 is 1.38 bits per heavy atom. The summed E-state index contributed by atoms with van der Waals surface area (Å²) in [6.45, 7) is 4.18. The van der Waals surface area contributed by atoms with Gasteiger partial charge in [0.05, 0.1) is 12.0 Å². The number of anilines is 1. The Balaban J connectivity index is 1.89. The van der Waals surface area contributed by atoms with E-state index in [-0.39, 0.29) is 6.42 Å². The van der Waals surface area contributed by atoms with Crippen LogP contribution in [0, 0.1) is 5.92 Å². The summed E-state index contributed by atoms with van der Waals surface area (Å²) in [5.74, 6) is -0.418. The molecule has 116 valence electrons. The molecular weight excluding hydrogens is 292 g/mol. The van der Waals surface area contributed by atoms with E-state index < -0.39 is 17.5 Å². The first-order chi connectivity index (χ1) is 9.88. The fourth-order valence-corrected chi connectivity index (χ4v) is 3.29. The highest BCUT2D eigenvalue weighted by atomic mass is 32.1. The fraction of sp³-hybridized carbons (Fsp3) is 0.692. The van der Waals surface area contributed by atoms with Gasteiger partial charge in [0.2, 0.25) is 5.13 Å². The quantitative estimate of drug-likeness (QED) is 0.747. The summed E-state index contributed by atoms with van der Waals surface area (Å²) in [4.78, 5) is 22.8. The van der Waals surface area contributed by atoms with Crippen molar-refractivity contribution in [2.24, 2.45) is 5.92 Å². The summed E-state index contributed by atoms with van der Waals surface area (Å²) >= 11 is 1.34. The van der Waals surface area contributed by atoms with Gasteiger partial charge in [-0.3, -0.25) is 10.1 Å². The van der Waals surface area contributed by atoms with Crippen molar-refractivity contribution in [2.45, 2.75) is 51.5 Å². The molecule has 0 bridgehead atoms. The summed E-state index contributed by atoms with van der Waals surface area (Å²) in [5.41, 5.74) is -0.610. The fourth-order valence-electron chi connectivity index (χ4n) is 2.34. The van der Waals surface area contributed by atoms with Crippen molar-refractivity contribution in [3.63, 3.8) is 0 Å². The minimum absolute atomic E-state index is 0.0465. The molecule has 21 heavy (non-hydrogen) atoms. The van der Waals surface area contributed by atoms with Crippen molar-refractivity contribution in [1.29, 1.82) is 0 Å². The monoisotopic (exact) mass is 312 g/mol. The topological polar surface area (TPSA) is 104 Å². The van der Waals surface area contributed by atoms with Crippen LogP contribution in [0.15, 0.2) is 0 Å². The Morgan fingerprint density at radius 3 is 2.62 bits per heavy atom. The van der Waals surface area contributed by atoms with Gasteiger partial charge in [-0.15, -0.1) is 10.2 Å². The van der Waals surface area contributed by atoms with Gasteiger partial charge in [-0.25, -0.2) is 4.79 Å². The minimum atomic E-state index is -0.898. The lowest BCUT2D eigenvalue weighted by molar-refractivity contribution is -0.139. The van der Waals surface area contributed by atoms with Crippen molar-refractivity contribution in [3.8, 4) is 0 Å². The summed E-state index contributed by atoms with van der Waals surface area (Å²) in [6.07, 6.45) is 3.10. The molecule has 3 N–H and O–H groups in total. The lowest BCUT2D eigenvalue weighted by atomic mass is 9.74. The van der Waals surface area contributed by atoms with Gasteiger partial charge in [0.15, 0.2) is 0 Å². The Bertz CT molecular complexity index is 525. The van der Waals surface area contributed by atoms with E-state index in [1.165, 1.54) is 11.3 Å². The van der Waals surface area contributed by atoms with Gasteiger partial charge in [-0.05, 0) is 25.2 Å². The zero-order valence-electron chi connectivity index (χ0n) is 12.2. The number of urea groups is 1. The average molecular weight is 312 g/mol. The lowest BCUT2D eigenvalue weighted by Crippen LogP contribution is -2.55. The molecule has 0 spiro atoms. The van der Waals surface area contributed by atoms with Crippen LogP contribution in [-0.4, -0.2) is 32.8 Å². The van der Waals surface area contributed by atoms with Crippen LogP contribution < -0.4 is 10.6 Å². The maximum absolute atomic E-state index is 12.0. The van der Waals surface area contributed by atoms with Crippen molar-refractivity contribution < 1.29 is 14.7 Å². The van der Waals surface area contributed by atoms with Gasteiger partial charge >= 0.3 is 12.0 Å². The third-order valence-corrected chi connectivity index (χ3v) is 4.31. The average Bonchev–Trinajstić information content (AvgIpc) is 2.71. The molecule has 0 atom stereocenters. The van der Waals surface area contributed by atoms with Crippen LogP contribution in [0.3, 0.4) is 0 Å². The van der Waals surface area contributed by atoms with E-state index in [0.29, 0.717) is 23.9 Å². The zero-order valence-corrected chi connectivity index (χ0v) is 13.0. The number of aliphatic carboxylic acids is 1. The number of nitrogens with one attached hydrogen (secondary N) is 2. The second-order valence-electron chi connectivity index (χ2n) is 5.88. The maximum atomic E-state index is 12.0. The van der Waals surface area contributed by atoms with Crippen LogP contribution in [0.4, 0.5) is 9.93 Å². The summed E-state index contributed by atoms with van der Waals surface area (Å²) in [7, 11) is 0. The molecule has 0 radical (unpaired) electrons. The highest BCUT2D eigenvalue weighted by Gasteiger charge is 2.40. The lowest BCUT2D eigenvalue weighted by Gasteiger charge is -2.41. The number of amides is 2. The molecule has 2 rings (SSSR count). The number of carboxylic acid groups (broad SMARTS) is 1. The standard InChI is InChI=1S/C13H20N4O3S/c1-8(2)6-9-16-17-12(21-9)14-11(20)15-13(4-3-5-13)7-10(18)19/h8H,3-7H2,1-2H3,(H,18,19)(H2,14,15,17,20). The minimum Gasteiger partial charge on any atom is -0.481 e. The van der Waals surface area contributed by atoms with Gasteiger partial charge < -0.3 is 10.4 Å². The Kier molecular flexibility index (Phi) is 4.76. The van der Waals surface area contributed by atoms with Crippen LogP contribution in [0.25, 0.3) is 0 Å². The van der Waals surface area contributed by atoms with E-state index in [0.717, 1.165) is 17.8 Å². The van der Waals surface area contributed by atoms with Crippen LogP contribution in [-0.2, 0) is 11.2 Å². The normalized spacial score (nSPS) is 16.3. The Labute approximate surface area is 127 Å². The number of aromatic nitrogens is 2. The molecule has 0 aromatic carbocycles. The van der Waals surface area contributed by atoms with E-state index >= 15 is 0 Å². The molecule has 1 aliphatic carbocycles. The first-order valence-corrected chi connectivity index (χ1v) is 7.83. The van der Waals surface area contributed by atoms with Gasteiger partial charge in [-0.1, -0.05) is 25.2 Å². The van der Waals surface area contributed by atoms with Crippen molar-refractivity contribution in [3.05, 3.63) is 5.01 Å². The molecule has 1 fully saturated rings. The number of nitrogens with zero attached hydrogens (tertiary/aromatic N) is 2. The SMILES string of the molecule is CC(C)Cc1nnc(NC(=O)NC2(CC(=O)O)CCC2)s1. The molecule has 1 saturated carbocycles. The molecule has 1 heterocycles. The number of carbonyl (C=O) groups is 2. The first-order valence-electron chi connectivity index (χ1n) is 7.02. The molecule has 0 unspecified atom stereocenters. The number of hydrogen-bond acceptors (Lipinski definition) is 5. The van der Waals surface area contributed by atoms with Crippen LogP contribution in [0.2, 0.25) is 0 Å². The van der Waals surface area contributed by atoms with Crippen molar-refractivity contribution in [1.82, 2.24) is 15.5 Å². The van der Waals surface area contributed by atoms with Crippen LogP contribution in [0.5, 0.6) is 0 Å². The predicted octanol–water partition coefficient (Wildman–Crippen LogP) is 2.26. The third-order valence-electron chi connectivity index (χ3n) is 3.45. The van der Waals surface area contributed by atoms with Crippen molar-refractivity contribution in [2.75, 3.05) is 5.32 Å². The number of carbonyl (C=O) groups excluding carboxylic acids is 1. The molecule has 1 aromatic heterocycles. The third kappa shape index (κ3) is 4.38. The van der Waals surface area contributed by atoms with E-state index in [9.17, 15) is 9.59 Å². The molecule has 2 amide bonds. The number of carboxylic acids is 1. The number of rotatable bonds is 6. The predicted molar refractivity (Wildman–Crippen MR) is 79.4 cm³/mol. The second-order valence-corrected chi connectivity index (χ2v) is 6.94. The molecule has 0 saturated heterocycles. The van der Waals surface area contributed by atoms with E-state index in [1.54, 1.807) is 0 Å². The Morgan fingerprint density at radius 2 is 2.10 bits per heavy atom. The van der Waals surface area contributed by atoms with Crippen LogP contribution >= 0.6 is 11.3 Å². The zero-order chi connectivity index (χ0) is 15.5. The first kappa shape index (κ1) is 15.7. The molecule has 7 nitrogen and oxygen atoms in total. The van der Waals surface area contributed by atoms with Gasteiger partial charge in [-0.2, -0.15) is 0 Å². The summed E-state index contributed by atoms with van der Waals surface area (Å²) < 4.78 is 0. The molecular formula is C13H20N4O3S. The van der Waals surface area contributed by atoms with E-state index in [4.69, 9.17) is 5.11 Å². The highest BCUT2D eigenvalue weighted by molar-refractivity contribution is 7.15. The smallest absolute Gasteiger partial charge is 0.321 e.